The van der Waals surface area contributed by atoms with E-state index in [1.165, 1.54) is 17.7 Å². The van der Waals surface area contributed by atoms with Gasteiger partial charge in [0.15, 0.2) is 0 Å². The molecule has 3 heteroatoms. The molecule has 1 aromatic rings. The Kier molecular flexibility index (Phi) is 2.13. The van der Waals surface area contributed by atoms with E-state index < -0.39 is 0 Å². The van der Waals surface area contributed by atoms with Crippen molar-refractivity contribution < 1.29 is 4.79 Å². The van der Waals surface area contributed by atoms with Crippen molar-refractivity contribution in [3.8, 4) is 0 Å². The molecule has 3 rings (SSSR count). The van der Waals surface area contributed by atoms with Crippen LogP contribution in [0.5, 0.6) is 0 Å². The summed E-state index contributed by atoms with van der Waals surface area (Å²) in [6, 6.07) is 6.53. The number of para-hydroxylation sites is 1. The van der Waals surface area contributed by atoms with Gasteiger partial charge in [-0.25, -0.2) is 0 Å². The summed E-state index contributed by atoms with van der Waals surface area (Å²) in [5.74, 6) is 0.154. The molecule has 0 aliphatic carbocycles. The smallest absolute Gasteiger partial charge is 0.226 e. The van der Waals surface area contributed by atoms with Crippen molar-refractivity contribution in [3.05, 3.63) is 23.8 Å². The summed E-state index contributed by atoms with van der Waals surface area (Å²) >= 11 is 0. The summed E-state index contributed by atoms with van der Waals surface area (Å²) in [5.41, 5.74) is 3.47. The molecule has 1 amide bonds. The lowest BCUT2D eigenvalue weighted by atomic mass is 10.1. The van der Waals surface area contributed by atoms with Crippen LogP contribution in [0.15, 0.2) is 18.2 Å². The number of nitrogens with zero attached hydrogens (tertiary/aromatic N) is 1. The number of hydrogen-bond donors (Lipinski definition) is 1. The number of anilines is 2. The number of hydrogen-bond acceptors (Lipinski definition) is 2. The lowest BCUT2D eigenvalue weighted by Gasteiger charge is -2.26. The molecule has 2 aliphatic rings. The minimum absolute atomic E-state index is 0.154. The van der Waals surface area contributed by atoms with Gasteiger partial charge in [-0.05, 0) is 31.4 Å². The molecule has 84 valence electrons. The van der Waals surface area contributed by atoms with Crippen LogP contribution in [-0.4, -0.2) is 18.5 Å². The SMILES string of the molecule is Cc1cccc2c1N1CCCC1CC(=O)N2. The maximum Gasteiger partial charge on any atom is 0.226 e. The molecular weight excluding hydrogens is 200 g/mol. The molecular formula is C13H16N2O. The second-order valence-electron chi connectivity index (χ2n) is 4.71. The van der Waals surface area contributed by atoms with Crippen molar-refractivity contribution in [3.63, 3.8) is 0 Å². The number of nitrogens with one attached hydrogen (secondary N) is 1. The van der Waals surface area contributed by atoms with Crippen LogP contribution in [0.2, 0.25) is 0 Å². The topological polar surface area (TPSA) is 32.3 Å². The quantitative estimate of drug-likeness (QED) is 0.721. The average molecular weight is 216 g/mol. The largest absolute Gasteiger partial charge is 0.366 e. The Bertz CT molecular complexity index is 442. The maximum absolute atomic E-state index is 11.8. The zero-order valence-electron chi connectivity index (χ0n) is 9.49. The first-order valence-electron chi connectivity index (χ1n) is 5.92. The van der Waals surface area contributed by atoms with Crippen LogP contribution in [0.3, 0.4) is 0 Å². The Hall–Kier alpha value is -1.51. The fourth-order valence-corrected chi connectivity index (χ4v) is 2.90. The van der Waals surface area contributed by atoms with Gasteiger partial charge in [0, 0.05) is 19.0 Å². The van der Waals surface area contributed by atoms with Crippen LogP contribution in [0, 0.1) is 6.92 Å². The highest BCUT2D eigenvalue weighted by Gasteiger charge is 2.32. The summed E-state index contributed by atoms with van der Waals surface area (Å²) in [5, 5.41) is 3.01. The van der Waals surface area contributed by atoms with Crippen LogP contribution in [-0.2, 0) is 4.79 Å². The second-order valence-corrected chi connectivity index (χ2v) is 4.71. The van der Waals surface area contributed by atoms with Crippen LogP contribution in [0.25, 0.3) is 0 Å². The van der Waals surface area contributed by atoms with Gasteiger partial charge in [0.25, 0.3) is 0 Å². The highest BCUT2D eigenvalue weighted by Crippen LogP contribution is 2.38. The van der Waals surface area contributed by atoms with Crippen molar-refractivity contribution >= 4 is 17.3 Å². The van der Waals surface area contributed by atoms with Gasteiger partial charge in [0.2, 0.25) is 5.91 Å². The van der Waals surface area contributed by atoms with Gasteiger partial charge in [-0.2, -0.15) is 0 Å². The summed E-state index contributed by atoms with van der Waals surface area (Å²) in [7, 11) is 0. The zero-order chi connectivity index (χ0) is 11.1. The molecule has 1 atom stereocenters. The second kappa shape index (κ2) is 3.51. The minimum Gasteiger partial charge on any atom is -0.366 e. The molecule has 0 radical (unpaired) electrons. The van der Waals surface area contributed by atoms with Crippen LogP contribution < -0.4 is 10.2 Å². The molecule has 1 saturated heterocycles. The minimum atomic E-state index is 0.154. The first kappa shape index (κ1) is 9.70. The highest BCUT2D eigenvalue weighted by atomic mass is 16.1. The first-order chi connectivity index (χ1) is 7.75. The molecule has 16 heavy (non-hydrogen) atoms. The zero-order valence-corrected chi connectivity index (χ0v) is 9.49. The van der Waals surface area contributed by atoms with Gasteiger partial charge in [0.05, 0.1) is 11.4 Å². The van der Waals surface area contributed by atoms with Crippen molar-refractivity contribution in [2.24, 2.45) is 0 Å². The number of carbonyl (C=O) groups is 1. The summed E-state index contributed by atoms with van der Waals surface area (Å²) in [4.78, 5) is 14.2. The van der Waals surface area contributed by atoms with Gasteiger partial charge in [-0.15, -0.1) is 0 Å². The Balaban J connectivity index is 2.14. The Labute approximate surface area is 95.4 Å². The van der Waals surface area contributed by atoms with Crippen molar-refractivity contribution in [2.45, 2.75) is 32.2 Å². The number of fused-ring (bicyclic) bond motifs is 3. The van der Waals surface area contributed by atoms with Gasteiger partial charge < -0.3 is 10.2 Å². The third-order valence-corrected chi connectivity index (χ3v) is 3.60. The van der Waals surface area contributed by atoms with E-state index in [0.29, 0.717) is 12.5 Å². The summed E-state index contributed by atoms with van der Waals surface area (Å²) in [6.45, 7) is 3.20. The lowest BCUT2D eigenvalue weighted by molar-refractivity contribution is -0.116. The van der Waals surface area contributed by atoms with Gasteiger partial charge in [-0.1, -0.05) is 12.1 Å². The molecule has 0 aromatic heterocycles. The first-order valence-corrected chi connectivity index (χ1v) is 5.92. The van der Waals surface area contributed by atoms with Gasteiger partial charge in [0.1, 0.15) is 0 Å². The fourth-order valence-electron chi connectivity index (χ4n) is 2.90. The molecule has 1 aromatic carbocycles. The molecule has 1 fully saturated rings. The number of rotatable bonds is 0. The van der Waals surface area contributed by atoms with Crippen LogP contribution in [0.1, 0.15) is 24.8 Å². The number of aryl methyl sites for hydroxylation is 1. The molecule has 2 aliphatic heterocycles. The van der Waals surface area contributed by atoms with E-state index in [9.17, 15) is 4.79 Å². The predicted molar refractivity (Wildman–Crippen MR) is 64.8 cm³/mol. The van der Waals surface area contributed by atoms with E-state index in [2.05, 4.69) is 23.2 Å². The Morgan fingerprint density at radius 2 is 2.31 bits per heavy atom. The molecule has 1 N–H and O–H groups in total. The van der Waals surface area contributed by atoms with Crippen molar-refractivity contribution in [1.82, 2.24) is 0 Å². The molecule has 0 spiro atoms. The molecule has 3 nitrogen and oxygen atoms in total. The van der Waals surface area contributed by atoms with E-state index in [1.807, 2.05) is 12.1 Å². The average Bonchev–Trinajstić information content (AvgIpc) is 2.61. The Morgan fingerprint density at radius 3 is 3.19 bits per heavy atom. The standard InChI is InChI=1S/C13H16N2O/c1-9-4-2-6-11-13(9)15-7-3-5-10(15)8-12(16)14-11/h2,4,6,10H,3,5,7-8H2,1H3,(H,14,16). The van der Waals surface area contributed by atoms with E-state index >= 15 is 0 Å². The molecule has 0 bridgehead atoms. The normalized spacial score (nSPS) is 23.4. The third kappa shape index (κ3) is 1.39. The number of amides is 1. The lowest BCUT2D eigenvalue weighted by Crippen LogP contribution is -2.30. The monoisotopic (exact) mass is 216 g/mol. The van der Waals surface area contributed by atoms with E-state index in [1.54, 1.807) is 0 Å². The summed E-state index contributed by atoms with van der Waals surface area (Å²) in [6.07, 6.45) is 2.97. The molecule has 2 heterocycles. The highest BCUT2D eigenvalue weighted by molar-refractivity contribution is 5.97. The maximum atomic E-state index is 11.8. The van der Waals surface area contributed by atoms with E-state index in [0.717, 1.165) is 18.7 Å². The number of carbonyl (C=O) groups excluding carboxylic acids is 1. The predicted octanol–water partition coefficient (Wildman–Crippen LogP) is 2.31. The van der Waals surface area contributed by atoms with E-state index in [4.69, 9.17) is 0 Å². The van der Waals surface area contributed by atoms with Gasteiger partial charge >= 0.3 is 0 Å². The van der Waals surface area contributed by atoms with Crippen molar-refractivity contribution in [2.75, 3.05) is 16.8 Å². The fraction of sp³-hybridized carbons (Fsp3) is 0.462. The summed E-state index contributed by atoms with van der Waals surface area (Å²) < 4.78 is 0. The van der Waals surface area contributed by atoms with Gasteiger partial charge in [-0.3, -0.25) is 4.79 Å². The van der Waals surface area contributed by atoms with E-state index in [-0.39, 0.29) is 5.91 Å². The van der Waals surface area contributed by atoms with Crippen molar-refractivity contribution in [1.29, 1.82) is 0 Å². The van der Waals surface area contributed by atoms with Crippen LogP contribution >= 0.6 is 0 Å². The number of benzene rings is 1. The van der Waals surface area contributed by atoms with Crippen LogP contribution in [0.4, 0.5) is 11.4 Å². The Morgan fingerprint density at radius 1 is 1.44 bits per heavy atom. The molecule has 0 saturated carbocycles. The third-order valence-electron chi connectivity index (χ3n) is 3.60. The molecule has 1 unspecified atom stereocenters.